The molecule has 3 heteroatoms. The Morgan fingerprint density at radius 2 is 2.00 bits per heavy atom. The fourth-order valence-corrected chi connectivity index (χ4v) is 7.49. The normalized spacial score (nSPS) is 46.0. The molecule has 3 nitrogen and oxygen atoms in total. The highest BCUT2D eigenvalue weighted by molar-refractivity contribution is 5.73. The molecule has 1 saturated heterocycles. The minimum atomic E-state index is 0.108. The molecule has 0 aromatic heterocycles. The Kier molecular flexibility index (Phi) is 3.23. The molecule has 3 aliphatic carbocycles. The van der Waals surface area contributed by atoms with E-state index in [2.05, 4.69) is 49.5 Å². The van der Waals surface area contributed by atoms with E-state index in [9.17, 15) is 4.79 Å². The predicted octanol–water partition coefficient (Wildman–Crippen LogP) is 3.75. The summed E-state index contributed by atoms with van der Waals surface area (Å²) in [4.78, 5) is 12.0. The molecule has 5 rings (SSSR count). The van der Waals surface area contributed by atoms with Crippen molar-refractivity contribution in [2.45, 2.75) is 58.1 Å². The Balaban J connectivity index is 1.63. The van der Waals surface area contributed by atoms with Crippen molar-refractivity contribution < 1.29 is 9.53 Å². The van der Waals surface area contributed by atoms with Crippen LogP contribution in [-0.4, -0.2) is 24.7 Å². The number of hydrogen-bond acceptors (Lipinski definition) is 2. The average molecular weight is 339 g/mol. The molecule has 2 bridgehead atoms. The number of carbonyl (C=O) groups is 1. The first-order chi connectivity index (χ1) is 12.0. The zero-order valence-electron chi connectivity index (χ0n) is 15.5. The Morgan fingerprint density at radius 3 is 2.72 bits per heavy atom. The van der Waals surface area contributed by atoms with Crippen molar-refractivity contribution in [1.82, 2.24) is 5.32 Å². The molecule has 4 aliphatic rings. The number of ether oxygens (including phenoxy) is 1. The lowest BCUT2D eigenvalue weighted by Gasteiger charge is -2.48. The van der Waals surface area contributed by atoms with Gasteiger partial charge >= 0.3 is 0 Å². The quantitative estimate of drug-likeness (QED) is 0.891. The second-order valence-corrected chi connectivity index (χ2v) is 9.49. The highest BCUT2D eigenvalue weighted by atomic mass is 16.5. The van der Waals surface area contributed by atoms with Crippen LogP contribution < -0.4 is 5.32 Å². The lowest BCUT2D eigenvalue weighted by atomic mass is 9.61. The van der Waals surface area contributed by atoms with Gasteiger partial charge in [-0.15, -0.1) is 0 Å². The van der Waals surface area contributed by atoms with Gasteiger partial charge in [0.2, 0.25) is 5.91 Å². The van der Waals surface area contributed by atoms with Crippen LogP contribution in [-0.2, 0) is 9.53 Å². The molecular weight excluding hydrogens is 310 g/mol. The van der Waals surface area contributed by atoms with Crippen molar-refractivity contribution in [2.75, 3.05) is 6.61 Å². The van der Waals surface area contributed by atoms with E-state index in [1.54, 1.807) is 6.92 Å². The van der Waals surface area contributed by atoms with Gasteiger partial charge in [0, 0.05) is 25.0 Å². The van der Waals surface area contributed by atoms with E-state index < -0.39 is 0 Å². The molecule has 25 heavy (non-hydrogen) atoms. The lowest BCUT2D eigenvalue weighted by Crippen LogP contribution is -2.58. The van der Waals surface area contributed by atoms with Gasteiger partial charge in [-0.1, -0.05) is 44.2 Å². The summed E-state index contributed by atoms with van der Waals surface area (Å²) in [6.45, 7) is 7.28. The summed E-state index contributed by atoms with van der Waals surface area (Å²) < 4.78 is 6.42. The summed E-state index contributed by atoms with van der Waals surface area (Å²) in [5.74, 6) is 2.63. The number of hydrogen-bond donors (Lipinski definition) is 1. The predicted molar refractivity (Wildman–Crippen MR) is 97.1 cm³/mol. The molecule has 7 unspecified atom stereocenters. The SMILES string of the molecule is CC(=O)NC1C(C)(C)C2CC3C(c4ccccc4)C4CCOC4C31C2. The molecule has 1 heterocycles. The molecule has 3 saturated carbocycles. The monoisotopic (exact) mass is 339 g/mol. The van der Waals surface area contributed by atoms with Crippen molar-refractivity contribution >= 4 is 5.91 Å². The van der Waals surface area contributed by atoms with Gasteiger partial charge in [-0.05, 0) is 53.9 Å². The second-order valence-electron chi connectivity index (χ2n) is 9.49. The van der Waals surface area contributed by atoms with E-state index in [4.69, 9.17) is 4.74 Å². The maximum atomic E-state index is 12.0. The highest BCUT2D eigenvalue weighted by Crippen LogP contribution is 2.76. The van der Waals surface area contributed by atoms with Gasteiger partial charge in [-0.3, -0.25) is 4.79 Å². The first-order valence-corrected chi connectivity index (χ1v) is 9.90. The third-order valence-corrected chi connectivity index (χ3v) is 8.26. The Bertz CT molecular complexity index is 699. The fourth-order valence-electron chi connectivity index (χ4n) is 7.49. The Hall–Kier alpha value is -1.35. The summed E-state index contributed by atoms with van der Waals surface area (Å²) in [6, 6.07) is 11.3. The standard InChI is InChI=1S/C22H29NO2/c1-13(24)23-20-21(2,3)15-11-17-18(14-7-5-4-6-8-14)16-9-10-25-19(16)22(17,20)12-15/h4-8,15-20H,9-12H2,1-3H3,(H,23,24). The summed E-state index contributed by atoms with van der Waals surface area (Å²) in [5.41, 5.74) is 1.77. The van der Waals surface area contributed by atoms with E-state index in [-0.39, 0.29) is 22.8 Å². The number of fused-ring (bicyclic) bond motifs is 2. The zero-order chi connectivity index (χ0) is 17.4. The molecule has 1 spiro atoms. The van der Waals surface area contributed by atoms with Crippen molar-refractivity contribution in [3.8, 4) is 0 Å². The molecule has 7 atom stereocenters. The van der Waals surface area contributed by atoms with Crippen molar-refractivity contribution in [1.29, 1.82) is 0 Å². The van der Waals surface area contributed by atoms with E-state index in [0.717, 1.165) is 6.61 Å². The van der Waals surface area contributed by atoms with Gasteiger partial charge in [-0.25, -0.2) is 0 Å². The van der Waals surface area contributed by atoms with Crippen LogP contribution in [0.25, 0.3) is 0 Å². The van der Waals surface area contributed by atoms with Crippen LogP contribution >= 0.6 is 0 Å². The Labute approximate surface area is 150 Å². The lowest BCUT2D eigenvalue weighted by molar-refractivity contribution is -0.124. The van der Waals surface area contributed by atoms with Crippen LogP contribution in [0.15, 0.2) is 30.3 Å². The van der Waals surface area contributed by atoms with Crippen LogP contribution in [0.1, 0.15) is 51.5 Å². The van der Waals surface area contributed by atoms with E-state index in [1.165, 1.54) is 24.8 Å². The highest BCUT2D eigenvalue weighted by Gasteiger charge is 2.76. The molecule has 1 aliphatic heterocycles. The summed E-state index contributed by atoms with van der Waals surface area (Å²) >= 11 is 0. The smallest absolute Gasteiger partial charge is 0.217 e. The maximum absolute atomic E-state index is 12.0. The number of amides is 1. The first kappa shape index (κ1) is 15.9. The van der Waals surface area contributed by atoms with E-state index >= 15 is 0 Å². The topological polar surface area (TPSA) is 38.3 Å². The zero-order valence-corrected chi connectivity index (χ0v) is 15.5. The first-order valence-electron chi connectivity index (χ1n) is 9.90. The largest absolute Gasteiger partial charge is 0.377 e. The summed E-state index contributed by atoms with van der Waals surface area (Å²) in [7, 11) is 0. The van der Waals surface area contributed by atoms with E-state index in [0.29, 0.717) is 29.8 Å². The minimum Gasteiger partial charge on any atom is -0.377 e. The van der Waals surface area contributed by atoms with Crippen LogP contribution in [0.5, 0.6) is 0 Å². The van der Waals surface area contributed by atoms with Crippen molar-refractivity contribution in [3.63, 3.8) is 0 Å². The fraction of sp³-hybridized carbons (Fsp3) is 0.682. The van der Waals surface area contributed by atoms with E-state index in [1.807, 2.05) is 0 Å². The third kappa shape index (κ3) is 1.88. The maximum Gasteiger partial charge on any atom is 0.217 e. The van der Waals surface area contributed by atoms with Crippen molar-refractivity contribution in [3.05, 3.63) is 35.9 Å². The van der Waals surface area contributed by atoms with Gasteiger partial charge in [0.05, 0.1) is 6.10 Å². The average Bonchev–Trinajstić information content (AvgIpc) is 3.26. The third-order valence-electron chi connectivity index (χ3n) is 8.26. The number of benzene rings is 1. The summed E-state index contributed by atoms with van der Waals surface area (Å²) in [6.07, 6.45) is 3.99. The Morgan fingerprint density at radius 1 is 1.24 bits per heavy atom. The molecule has 1 aromatic rings. The van der Waals surface area contributed by atoms with Gasteiger partial charge in [0.15, 0.2) is 0 Å². The number of rotatable bonds is 2. The van der Waals surface area contributed by atoms with Gasteiger partial charge in [0.25, 0.3) is 0 Å². The van der Waals surface area contributed by atoms with Crippen LogP contribution in [0.4, 0.5) is 0 Å². The molecule has 4 fully saturated rings. The number of carbonyl (C=O) groups excluding carboxylic acids is 1. The molecular formula is C22H29NO2. The molecule has 134 valence electrons. The van der Waals surface area contributed by atoms with Crippen LogP contribution in [0.2, 0.25) is 0 Å². The van der Waals surface area contributed by atoms with Gasteiger partial charge < -0.3 is 10.1 Å². The van der Waals surface area contributed by atoms with Crippen LogP contribution in [0, 0.1) is 28.6 Å². The molecule has 0 radical (unpaired) electrons. The molecule has 1 N–H and O–H groups in total. The van der Waals surface area contributed by atoms with Gasteiger partial charge in [-0.2, -0.15) is 0 Å². The van der Waals surface area contributed by atoms with Crippen molar-refractivity contribution in [2.24, 2.45) is 28.6 Å². The number of nitrogens with one attached hydrogen (secondary N) is 1. The van der Waals surface area contributed by atoms with Crippen LogP contribution in [0.3, 0.4) is 0 Å². The van der Waals surface area contributed by atoms with Gasteiger partial charge in [0.1, 0.15) is 0 Å². The second kappa shape index (κ2) is 5.09. The molecule has 1 aromatic carbocycles. The molecule has 1 amide bonds. The minimum absolute atomic E-state index is 0.108. The summed E-state index contributed by atoms with van der Waals surface area (Å²) in [5, 5.41) is 3.39.